The average Bonchev–Trinajstić information content (AvgIpc) is 2.69. The maximum absolute atomic E-state index is 6.05. The van der Waals surface area contributed by atoms with E-state index in [1.165, 1.54) is 5.46 Å². The number of rotatable bonds is 3. The number of benzene rings is 3. The molecule has 4 aromatic rings. The molecule has 0 spiro atoms. The number of hydrogen-bond acceptors (Lipinski definition) is 1. The SMILES string of the molecule is Bc1ccc(-c2cc(-c3ccc(Cl)cc3)nc(-c3ccc(Cl)cc3)c2)cc1. The maximum atomic E-state index is 6.05. The summed E-state index contributed by atoms with van der Waals surface area (Å²) in [5.41, 5.74) is 7.41. The minimum Gasteiger partial charge on any atom is -0.248 e. The van der Waals surface area contributed by atoms with E-state index < -0.39 is 0 Å². The molecule has 1 aromatic heterocycles. The first-order valence-corrected chi connectivity index (χ1v) is 9.45. The van der Waals surface area contributed by atoms with Gasteiger partial charge >= 0.3 is 0 Å². The molecule has 27 heavy (non-hydrogen) atoms. The zero-order valence-corrected chi connectivity index (χ0v) is 16.3. The number of pyridine rings is 1. The van der Waals surface area contributed by atoms with Gasteiger partial charge in [0, 0.05) is 21.2 Å². The predicted molar refractivity (Wildman–Crippen MR) is 119 cm³/mol. The summed E-state index contributed by atoms with van der Waals surface area (Å²) in [5, 5.41) is 1.43. The maximum Gasteiger partial charge on any atom is 0.139 e. The molecule has 0 saturated carbocycles. The fraction of sp³-hybridized carbons (Fsp3) is 0. The van der Waals surface area contributed by atoms with Crippen LogP contribution in [0.5, 0.6) is 0 Å². The normalized spacial score (nSPS) is 10.7. The molecular formula is C23H16BCl2N. The monoisotopic (exact) mass is 387 g/mol. The highest BCUT2D eigenvalue weighted by molar-refractivity contribution is 6.32. The molecule has 3 aromatic carbocycles. The van der Waals surface area contributed by atoms with Crippen LogP contribution in [0.25, 0.3) is 33.6 Å². The van der Waals surface area contributed by atoms with E-state index in [4.69, 9.17) is 28.2 Å². The van der Waals surface area contributed by atoms with Gasteiger partial charge in [0.15, 0.2) is 0 Å². The van der Waals surface area contributed by atoms with Gasteiger partial charge in [-0.3, -0.25) is 0 Å². The van der Waals surface area contributed by atoms with E-state index in [2.05, 4.69) is 44.2 Å². The number of halogens is 2. The predicted octanol–water partition coefficient (Wildman–Crippen LogP) is 5.65. The van der Waals surface area contributed by atoms with Crippen LogP contribution >= 0.6 is 23.2 Å². The molecule has 0 aliphatic heterocycles. The minimum absolute atomic E-state index is 0.714. The summed E-state index contributed by atoms with van der Waals surface area (Å²) >= 11 is 12.1. The smallest absolute Gasteiger partial charge is 0.139 e. The van der Waals surface area contributed by atoms with Crippen LogP contribution in [0.15, 0.2) is 84.9 Å². The fourth-order valence-electron chi connectivity index (χ4n) is 2.98. The summed E-state index contributed by atoms with van der Waals surface area (Å²) in [5.74, 6) is 0. The molecule has 0 saturated heterocycles. The first-order valence-electron chi connectivity index (χ1n) is 8.69. The zero-order chi connectivity index (χ0) is 18.8. The summed E-state index contributed by atoms with van der Waals surface area (Å²) in [6.07, 6.45) is 0. The summed E-state index contributed by atoms with van der Waals surface area (Å²) in [6.45, 7) is 0. The van der Waals surface area contributed by atoms with Crippen molar-refractivity contribution in [3.8, 4) is 33.6 Å². The van der Waals surface area contributed by atoms with Crippen LogP contribution in [-0.4, -0.2) is 12.8 Å². The van der Waals surface area contributed by atoms with Gasteiger partial charge < -0.3 is 0 Å². The van der Waals surface area contributed by atoms with Crippen molar-refractivity contribution in [1.82, 2.24) is 4.98 Å². The van der Waals surface area contributed by atoms with E-state index in [0.717, 1.165) is 33.6 Å². The molecule has 130 valence electrons. The lowest BCUT2D eigenvalue weighted by Gasteiger charge is -2.11. The van der Waals surface area contributed by atoms with E-state index in [1.54, 1.807) is 0 Å². The number of hydrogen-bond donors (Lipinski definition) is 0. The Morgan fingerprint density at radius 2 is 0.926 bits per heavy atom. The first kappa shape index (κ1) is 17.8. The Hall–Kier alpha value is -2.55. The second-order valence-corrected chi connectivity index (χ2v) is 7.38. The van der Waals surface area contributed by atoms with E-state index in [1.807, 2.05) is 48.5 Å². The molecule has 0 radical (unpaired) electrons. The molecule has 4 rings (SSSR count). The number of nitrogens with zero attached hydrogens (tertiary/aromatic N) is 1. The van der Waals surface area contributed by atoms with Crippen LogP contribution in [0, 0.1) is 0 Å². The Morgan fingerprint density at radius 3 is 1.37 bits per heavy atom. The van der Waals surface area contributed by atoms with Crippen molar-refractivity contribution in [2.24, 2.45) is 0 Å². The third kappa shape index (κ3) is 4.08. The Morgan fingerprint density at radius 1 is 0.519 bits per heavy atom. The van der Waals surface area contributed by atoms with Gasteiger partial charge in [0.05, 0.1) is 11.4 Å². The Labute approximate surface area is 170 Å². The molecule has 4 heteroatoms. The lowest BCUT2D eigenvalue weighted by atomic mass is 9.93. The minimum atomic E-state index is 0.714. The molecule has 0 bridgehead atoms. The van der Waals surface area contributed by atoms with Crippen LogP contribution < -0.4 is 5.46 Å². The van der Waals surface area contributed by atoms with Crippen molar-refractivity contribution in [3.63, 3.8) is 0 Å². The van der Waals surface area contributed by atoms with Gasteiger partial charge in [0.1, 0.15) is 7.85 Å². The van der Waals surface area contributed by atoms with Gasteiger partial charge in [-0.2, -0.15) is 0 Å². The fourth-order valence-corrected chi connectivity index (χ4v) is 3.23. The molecule has 1 heterocycles. The van der Waals surface area contributed by atoms with Crippen molar-refractivity contribution in [2.45, 2.75) is 0 Å². The van der Waals surface area contributed by atoms with Crippen molar-refractivity contribution in [1.29, 1.82) is 0 Å². The van der Waals surface area contributed by atoms with Crippen molar-refractivity contribution in [3.05, 3.63) is 95.0 Å². The second-order valence-electron chi connectivity index (χ2n) is 6.51. The van der Waals surface area contributed by atoms with Crippen molar-refractivity contribution in [2.75, 3.05) is 0 Å². The van der Waals surface area contributed by atoms with Gasteiger partial charge in [-0.05, 0) is 47.5 Å². The van der Waals surface area contributed by atoms with Gasteiger partial charge in [0.25, 0.3) is 0 Å². The van der Waals surface area contributed by atoms with Gasteiger partial charge in [-0.25, -0.2) is 4.98 Å². The van der Waals surface area contributed by atoms with Crippen LogP contribution in [0.4, 0.5) is 0 Å². The van der Waals surface area contributed by atoms with E-state index in [0.29, 0.717) is 10.0 Å². The average molecular weight is 388 g/mol. The molecule has 0 unspecified atom stereocenters. The quantitative estimate of drug-likeness (QED) is 0.414. The van der Waals surface area contributed by atoms with Crippen LogP contribution in [0.2, 0.25) is 10.0 Å². The van der Waals surface area contributed by atoms with Gasteiger partial charge in [-0.15, -0.1) is 0 Å². The van der Waals surface area contributed by atoms with Crippen LogP contribution in [0.1, 0.15) is 0 Å². The second kappa shape index (κ2) is 7.60. The van der Waals surface area contributed by atoms with Gasteiger partial charge in [0.2, 0.25) is 0 Å². The largest absolute Gasteiger partial charge is 0.248 e. The standard InChI is InChI=1S/C23H16BCl2N/c24-19-7-1-15(2-8-19)18-13-22(16-3-9-20(25)10-4-16)27-23(14-18)17-5-11-21(26)12-6-17/h1-14H,24H2. The third-order valence-electron chi connectivity index (χ3n) is 4.49. The summed E-state index contributed by atoms with van der Waals surface area (Å²) in [7, 11) is 2.09. The van der Waals surface area contributed by atoms with E-state index in [9.17, 15) is 0 Å². The zero-order valence-electron chi connectivity index (χ0n) is 14.8. The number of aromatic nitrogens is 1. The molecule has 0 atom stereocenters. The topological polar surface area (TPSA) is 12.9 Å². The highest BCUT2D eigenvalue weighted by Gasteiger charge is 2.09. The summed E-state index contributed by atoms with van der Waals surface area (Å²) < 4.78 is 0. The molecule has 0 aliphatic carbocycles. The Kier molecular flexibility index (Phi) is 5.02. The van der Waals surface area contributed by atoms with E-state index in [-0.39, 0.29) is 0 Å². The highest BCUT2D eigenvalue weighted by atomic mass is 35.5. The summed E-state index contributed by atoms with van der Waals surface area (Å²) in [6, 6.07) is 28.3. The lowest BCUT2D eigenvalue weighted by molar-refractivity contribution is 1.32. The van der Waals surface area contributed by atoms with Crippen LogP contribution in [0.3, 0.4) is 0 Å². The third-order valence-corrected chi connectivity index (χ3v) is 4.99. The Balaban J connectivity index is 1.89. The summed E-state index contributed by atoms with van der Waals surface area (Å²) in [4.78, 5) is 4.89. The molecule has 0 aliphatic rings. The molecule has 0 amide bonds. The van der Waals surface area contributed by atoms with Crippen molar-refractivity contribution >= 4 is 36.5 Å². The highest BCUT2D eigenvalue weighted by Crippen LogP contribution is 2.31. The first-order chi connectivity index (χ1) is 13.1. The Bertz CT molecular complexity index is 919. The molecule has 1 nitrogen and oxygen atoms in total. The van der Waals surface area contributed by atoms with Crippen LogP contribution in [-0.2, 0) is 0 Å². The lowest BCUT2D eigenvalue weighted by Crippen LogP contribution is -1.99. The molecule has 0 N–H and O–H groups in total. The van der Waals surface area contributed by atoms with Gasteiger partial charge in [-0.1, -0.05) is 77.2 Å². The molecular weight excluding hydrogens is 372 g/mol. The van der Waals surface area contributed by atoms with E-state index >= 15 is 0 Å². The van der Waals surface area contributed by atoms with Crippen molar-refractivity contribution < 1.29 is 0 Å². The molecule has 0 fully saturated rings.